The first-order valence-electron chi connectivity index (χ1n) is 7.87. The molecule has 7 heteroatoms. The summed E-state index contributed by atoms with van der Waals surface area (Å²) in [5.41, 5.74) is 7.74. The predicted molar refractivity (Wildman–Crippen MR) is 92.7 cm³/mol. The van der Waals surface area contributed by atoms with E-state index in [1.54, 1.807) is 12.1 Å². The molecule has 6 nitrogen and oxygen atoms in total. The second-order valence-corrected chi connectivity index (χ2v) is 5.88. The second kappa shape index (κ2) is 8.24. The summed E-state index contributed by atoms with van der Waals surface area (Å²) in [7, 11) is 0. The number of aryl methyl sites for hydroxylation is 2. The van der Waals surface area contributed by atoms with E-state index in [2.05, 4.69) is 5.32 Å². The minimum atomic E-state index is -1.36. The van der Waals surface area contributed by atoms with Crippen LogP contribution in [0.3, 0.4) is 0 Å². The van der Waals surface area contributed by atoms with E-state index in [9.17, 15) is 18.8 Å². The van der Waals surface area contributed by atoms with Gasteiger partial charge in [0.05, 0.1) is 0 Å². The zero-order valence-electron chi connectivity index (χ0n) is 14.4. The number of carbonyl (C=O) groups excluding carboxylic acids is 3. The molecule has 0 fully saturated rings. The van der Waals surface area contributed by atoms with Crippen molar-refractivity contribution in [2.45, 2.75) is 20.0 Å². The number of primary amides is 1. The maximum Gasteiger partial charge on any atom is 0.326 e. The van der Waals surface area contributed by atoms with Gasteiger partial charge in [0.2, 0.25) is 6.10 Å². The Morgan fingerprint density at radius 3 is 2.19 bits per heavy atom. The zero-order chi connectivity index (χ0) is 19.3. The van der Waals surface area contributed by atoms with Crippen LogP contribution in [0.15, 0.2) is 42.5 Å². The number of hydrogen-bond donors (Lipinski definition) is 2. The van der Waals surface area contributed by atoms with Crippen LogP contribution >= 0.6 is 0 Å². The van der Waals surface area contributed by atoms with Gasteiger partial charge in [-0.25, -0.2) is 4.39 Å². The lowest BCUT2D eigenvalue weighted by molar-refractivity contribution is -0.154. The maximum absolute atomic E-state index is 13.0. The third-order valence-corrected chi connectivity index (χ3v) is 3.56. The monoisotopic (exact) mass is 358 g/mol. The smallest absolute Gasteiger partial charge is 0.326 e. The van der Waals surface area contributed by atoms with E-state index in [1.807, 2.05) is 19.9 Å². The molecule has 0 aliphatic heterocycles. The molecule has 0 aromatic heterocycles. The quantitative estimate of drug-likeness (QED) is 0.771. The molecule has 2 amide bonds. The lowest BCUT2D eigenvalue weighted by Crippen LogP contribution is -2.34. The highest BCUT2D eigenvalue weighted by Crippen LogP contribution is 2.17. The van der Waals surface area contributed by atoms with E-state index < -0.39 is 36.2 Å². The van der Waals surface area contributed by atoms with Crippen LogP contribution in [0.4, 0.5) is 4.39 Å². The highest BCUT2D eigenvalue weighted by Gasteiger charge is 2.23. The third-order valence-electron chi connectivity index (χ3n) is 3.56. The van der Waals surface area contributed by atoms with Crippen LogP contribution in [0.2, 0.25) is 0 Å². The van der Waals surface area contributed by atoms with Crippen molar-refractivity contribution in [2.24, 2.45) is 5.73 Å². The number of nitrogens with two attached hydrogens (primary N) is 1. The summed E-state index contributed by atoms with van der Waals surface area (Å²) in [6.07, 6.45) is -1.36. The molecule has 0 radical (unpaired) electrons. The van der Waals surface area contributed by atoms with Crippen molar-refractivity contribution in [3.8, 4) is 0 Å². The number of carbonyl (C=O) groups is 3. The van der Waals surface area contributed by atoms with Crippen molar-refractivity contribution in [3.05, 3.63) is 70.5 Å². The van der Waals surface area contributed by atoms with Gasteiger partial charge < -0.3 is 15.8 Å². The third kappa shape index (κ3) is 5.14. The van der Waals surface area contributed by atoms with Crippen molar-refractivity contribution >= 4 is 17.8 Å². The summed E-state index contributed by atoms with van der Waals surface area (Å²) < 4.78 is 18.0. The number of hydrogen-bond acceptors (Lipinski definition) is 4. The Morgan fingerprint density at radius 1 is 1.08 bits per heavy atom. The SMILES string of the molecule is Cc1cc(C)cc(C(=O)NCC(=O)O[C@H](C(N)=O)c2ccc(F)cc2)c1. The van der Waals surface area contributed by atoms with Crippen molar-refractivity contribution in [2.75, 3.05) is 6.54 Å². The molecule has 0 saturated heterocycles. The van der Waals surface area contributed by atoms with E-state index in [-0.39, 0.29) is 5.56 Å². The molecule has 2 rings (SSSR count). The van der Waals surface area contributed by atoms with Gasteiger partial charge in [-0.3, -0.25) is 14.4 Å². The molecule has 2 aromatic carbocycles. The van der Waals surface area contributed by atoms with Crippen LogP contribution in [-0.2, 0) is 14.3 Å². The average Bonchev–Trinajstić information content (AvgIpc) is 2.57. The van der Waals surface area contributed by atoms with Crippen LogP contribution in [0, 0.1) is 19.7 Å². The number of benzene rings is 2. The summed E-state index contributed by atoms with van der Waals surface area (Å²) >= 11 is 0. The number of amides is 2. The maximum atomic E-state index is 13.0. The molecule has 0 bridgehead atoms. The molecular formula is C19H19FN2O4. The molecule has 136 valence electrons. The van der Waals surface area contributed by atoms with Gasteiger partial charge in [-0.1, -0.05) is 29.3 Å². The summed E-state index contributed by atoms with van der Waals surface area (Å²) in [4.78, 5) is 35.6. The van der Waals surface area contributed by atoms with Gasteiger partial charge in [0, 0.05) is 11.1 Å². The fourth-order valence-electron chi connectivity index (χ4n) is 2.46. The summed E-state index contributed by atoms with van der Waals surface area (Å²) in [5.74, 6) is -2.67. The molecule has 3 N–H and O–H groups in total. The van der Waals surface area contributed by atoms with Crippen LogP contribution < -0.4 is 11.1 Å². The van der Waals surface area contributed by atoms with E-state index in [0.29, 0.717) is 5.56 Å². The summed E-state index contributed by atoms with van der Waals surface area (Å²) in [5, 5.41) is 2.43. The first-order chi connectivity index (χ1) is 12.3. The van der Waals surface area contributed by atoms with Crippen LogP contribution in [0.5, 0.6) is 0 Å². The lowest BCUT2D eigenvalue weighted by atomic mass is 10.1. The fourth-order valence-corrected chi connectivity index (χ4v) is 2.46. The predicted octanol–water partition coefficient (Wildman–Crippen LogP) is 1.94. The van der Waals surface area contributed by atoms with E-state index in [1.165, 1.54) is 12.1 Å². The molecule has 0 saturated carbocycles. The lowest BCUT2D eigenvalue weighted by Gasteiger charge is -2.15. The van der Waals surface area contributed by atoms with Crippen molar-refractivity contribution in [1.82, 2.24) is 5.32 Å². The van der Waals surface area contributed by atoms with Crippen LogP contribution in [0.25, 0.3) is 0 Å². The van der Waals surface area contributed by atoms with Gasteiger partial charge in [-0.05, 0) is 38.1 Å². The van der Waals surface area contributed by atoms with E-state index >= 15 is 0 Å². The minimum Gasteiger partial charge on any atom is -0.446 e. The van der Waals surface area contributed by atoms with Gasteiger partial charge in [0.25, 0.3) is 11.8 Å². The van der Waals surface area contributed by atoms with Gasteiger partial charge in [0.15, 0.2) is 0 Å². The molecule has 0 spiro atoms. The Kier molecular flexibility index (Phi) is 6.06. The Bertz CT molecular complexity index is 814. The average molecular weight is 358 g/mol. The molecule has 0 heterocycles. The normalized spacial score (nSPS) is 11.5. The highest BCUT2D eigenvalue weighted by molar-refractivity contribution is 5.96. The molecule has 0 aliphatic rings. The zero-order valence-corrected chi connectivity index (χ0v) is 14.4. The molecule has 1 atom stereocenters. The minimum absolute atomic E-state index is 0.243. The van der Waals surface area contributed by atoms with Gasteiger partial charge in [0.1, 0.15) is 12.4 Å². The summed E-state index contributed by atoms with van der Waals surface area (Å²) in [6, 6.07) is 10.2. The van der Waals surface area contributed by atoms with E-state index in [0.717, 1.165) is 23.3 Å². The first-order valence-corrected chi connectivity index (χ1v) is 7.87. The van der Waals surface area contributed by atoms with Crippen molar-refractivity contribution in [3.63, 3.8) is 0 Å². The first kappa shape index (κ1) is 19.1. The second-order valence-electron chi connectivity index (χ2n) is 5.88. The Labute approximate surface area is 150 Å². The number of nitrogens with one attached hydrogen (secondary N) is 1. The molecule has 26 heavy (non-hydrogen) atoms. The standard InChI is InChI=1S/C19H19FN2O4/c1-11-7-12(2)9-14(8-11)19(25)22-10-16(23)26-17(18(21)24)13-3-5-15(20)6-4-13/h3-9,17H,10H2,1-2H3,(H2,21,24)(H,22,25)/t17-/m0/s1. The Hall–Kier alpha value is -3.22. The number of ether oxygens (including phenoxy) is 1. The van der Waals surface area contributed by atoms with Gasteiger partial charge >= 0.3 is 5.97 Å². The molecular weight excluding hydrogens is 339 g/mol. The van der Waals surface area contributed by atoms with E-state index in [4.69, 9.17) is 10.5 Å². The number of halogens is 1. The number of esters is 1. The van der Waals surface area contributed by atoms with Gasteiger partial charge in [-0.15, -0.1) is 0 Å². The molecule has 0 unspecified atom stereocenters. The van der Waals surface area contributed by atoms with Crippen molar-refractivity contribution in [1.29, 1.82) is 0 Å². The van der Waals surface area contributed by atoms with Gasteiger partial charge in [-0.2, -0.15) is 0 Å². The topological polar surface area (TPSA) is 98.5 Å². The van der Waals surface area contributed by atoms with Crippen LogP contribution in [0.1, 0.15) is 33.2 Å². The molecule has 0 aliphatic carbocycles. The largest absolute Gasteiger partial charge is 0.446 e. The number of rotatable bonds is 6. The Morgan fingerprint density at radius 2 is 1.65 bits per heavy atom. The fraction of sp³-hybridized carbons (Fsp3) is 0.211. The van der Waals surface area contributed by atoms with Crippen LogP contribution in [-0.4, -0.2) is 24.3 Å². The van der Waals surface area contributed by atoms with Crippen molar-refractivity contribution < 1.29 is 23.5 Å². The summed E-state index contributed by atoms with van der Waals surface area (Å²) in [6.45, 7) is 3.28. The molecule has 2 aromatic rings. The Balaban J connectivity index is 1.98. The highest BCUT2D eigenvalue weighted by atomic mass is 19.1.